The molecule has 2 aromatic heterocycles. The number of carbonyl (C=O) groups is 1. The first-order chi connectivity index (χ1) is 14.0. The van der Waals surface area contributed by atoms with Gasteiger partial charge in [-0.15, -0.1) is 0 Å². The highest BCUT2D eigenvalue weighted by atomic mass is 16.5. The molecule has 0 fully saturated rings. The van der Waals surface area contributed by atoms with Crippen LogP contribution in [0.1, 0.15) is 24.2 Å². The van der Waals surface area contributed by atoms with Crippen molar-refractivity contribution in [1.29, 1.82) is 0 Å². The number of aromatic nitrogens is 3. The summed E-state index contributed by atoms with van der Waals surface area (Å²) in [5.41, 5.74) is 2.79. The molecule has 0 aliphatic heterocycles. The second kappa shape index (κ2) is 7.43. The third kappa shape index (κ3) is 3.35. The summed E-state index contributed by atoms with van der Waals surface area (Å²) in [6.07, 6.45) is 0. The van der Waals surface area contributed by atoms with Gasteiger partial charge in [-0.1, -0.05) is 24.3 Å². The van der Waals surface area contributed by atoms with Crippen molar-refractivity contribution in [3.05, 3.63) is 76.2 Å². The molecule has 7 heteroatoms. The minimum Gasteiger partial charge on any atom is -0.497 e. The second-order valence-corrected chi connectivity index (χ2v) is 6.98. The Morgan fingerprint density at radius 2 is 1.97 bits per heavy atom. The Hall–Kier alpha value is -3.61. The average Bonchev–Trinajstić information content (AvgIpc) is 3.06. The number of rotatable bonds is 5. The first-order valence-corrected chi connectivity index (χ1v) is 9.40. The predicted octanol–water partition coefficient (Wildman–Crippen LogP) is 2.84. The van der Waals surface area contributed by atoms with Gasteiger partial charge in [0.15, 0.2) is 5.65 Å². The Morgan fingerprint density at radius 1 is 1.17 bits per heavy atom. The molecule has 4 rings (SSSR count). The molecular weight excluding hydrogens is 368 g/mol. The van der Waals surface area contributed by atoms with Crippen LogP contribution in [0.3, 0.4) is 0 Å². The van der Waals surface area contributed by atoms with Gasteiger partial charge in [-0.05, 0) is 43.7 Å². The summed E-state index contributed by atoms with van der Waals surface area (Å²) in [5, 5.41) is 3.82. The molecule has 7 nitrogen and oxygen atoms in total. The van der Waals surface area contributed by atoms with E-state index in [0.717, 1.165) is 27.9 Å². The van der Waals surface area contributed by atoms with E-state index in [0.29, 0.717) is 12.2 Å². The maximum Gasteiger partial charge on any atom is 0.273 e. The standard InChI is InChI=1S/C22H22N4O3/c1-14-11-20(27)24-21-18-9-4-5-10-19(18)26(25(14)21)15(2)22(28)23-13-16-7-6-8-17(12-16)29-3/h4-12,15H,13H2,1-3H3,(H,23,28)/t15-/m1/s1. The number of hydrogen-bond acceptors (Lipinski definition) is 4. The fraction of sp³-hybridized carbons (Fsp3) is 0.227. The van der Waals surface area contributed by atoms with E-state index in [9.17, 15) is 9.59 Å². The number of methoxy groups -OCH3 is 1. The van der Waals surface area contributed by atoms with Crippen LogP contribution in [-0.2, 0) is 11.3 Å². The Morgan fingerprint density at radius 3 is 2.76 bits per heavy atom. The van der Waals surface area contributed by atoms with Gasteiger partial charge in [-0.3, -0.25) is 14.3 Å². The highest BCUT2D eigenvalue weighted by Gasteiger charge is 2.22. The van der Waals surface area contributed by atoms with Gasteiger partial charge in [0.2, 0.25) is 5.91 Å². The number of amides is 1. The quantitative estimate of drug-likeness (QED) is 0.568. The van der Waals surface area contributed by atoms with Crippen molar-refractivity contribution in [2.45, 2.75) is 26.4 Å². The number of para-hydroxylation sites is 1. The second-order valence-electron chi connectivity index (χ2n) is 6.98. The minimum atomic E-state index is -0.508. The Balaban J connectivity index is 1.71. The summed E-state index contributed by atoms with van der Waals surface area (Å²) >= 11 is 0. The van der Waals surface area contributed by atoms with Crippen LogP contribution in [0.2, 0.25) is 0 Å². The van der Waals surface area contributed by atoms with Crippen molar-refractivity contribution in [3.63, 3.8) is 0 Å². The molecule has 2 aromatic carbocycles. The number of carbonyl (C=O) groups excluding carboxylic acids is 1. The summed E-state index contributed by atoms with van der Waals surface area (Å²) in [5.74, 6) is 0.617. The molecule has 4 aromatic rings. The molecule has 1 atom stereocenters. The van der Waals surface area contributed by atoms with Crippen LogP contribution in [0, 0.1) is 6.92 Å². The van der Waals surface area contributed by atoms with E-state index in [2.05, 4.69) is 10.3 Å². The molecule has 0 aliphatic rings. The molecule has 0 radical (unpaired) electrons. The summed E-state index contributed by atoms with van der Waals surface area (Å²) in [6, 6.07) is 16.2. The van der Waals surface area contributed by atoms with E-state index in [1.165, 1.54) is 6.07 Å². The van der Waals surface area contributed by atoms with Crippen LogP contribution in [0.25, 0.3) is 16.6 Å². The van der Waals surface area contributed by atoms with Gasteiger partial charge in [0.05, 0.1) is 12.6 Å². The third-order valence-electron chi connectivity index (χ3n) is 5.04. The topological polar surface area (TPSA) is 77.6 Å². The molecule has 0 saturated carbocycles. The molecule has 1 amide bonds. The Kier molecular flexibility index (Phi) is 4.80. The van der Waals surface area contributed by atoms with E-state index in [4.69, 9.17) is 4.74 Å². The van der Waals surface area contributed by atoms with Gasteiger partial charge >= 0.3 is 0 Å². The van der Waals surface area contributed by atoms with Crippen LogP contribution in [0.4, 0.5) is 0 Å². The van der Waals surface area contributed by atoms with Gasteiger partial charge in [0.25, 0.3) is 5.56 Å². The van der Waals surface area contributed by atoms with Crippen molar-refractivity contribution in [1.82, 2.24) is 19.5 Å². The lowest BCUT2D eigenvalue weighted by Crippen LogP contribution is -2.32. The zero-order valence-corrected chi connectivity index (χ0v) is 16.5. The monoisotopic (exact) mass is 390 g/mol. The third-order valence-corrected chi connectivity index (χ3v) is 5.04. The van der Waals surface area contributed by atoms with Crippen LogP contribution in [0.5, 0.6) is 5.75 Å². The van der Waals surface area contributed by atoms with E-state index in [1.807, 2.05) is 71.6 Å². The zero-order valence-electron chi connectivity index (χ0n) is 16.5. The first kappa shape index (κ1) is 18.7. The van der Waals surface area contributed by atoms with E-state index in [-0.39, 0.29) is 11.5 Å². The normalized spacial score (nSPS) is 12.2. The lowest BCUT2D eigenvalue weighted by atomic mass is 10.2. The largest absolute Gasteiger partial charge is 0.497 e. The summed E-state index contributed by atoms with van der Waals surface area (Å²) in [6.45, 7) is 4.07. The van der Waals surface area contributed by atoms with Crippen molar-refractivity contribution < 1.29 is 9.53 Å². The van der Waals surface area contributed by atoms with E-state index in [1.54, 1.807) is 7.11 Å². The average molecular weight is 390 g/mol. The van der Waals surface area contributed by atoms with Crippen LogP contribution < -0.4 is 15.6 Å². The summed E-state index contributed by atoms with van der Waals surface area (Å²) in [4.78, 5) is 29.1. The maximum absolute atomic E-state index is 13.0. The van der Waals surface area contributed by atoms with Crippen molar-refractivity contribution in [2.24, 2.45) is 0 Å². The number of aryl methyl sites for hydroxylation is 1. The molecular formula is C22H22N4O3. The highest BCUT2D eigenvalue weighted by Crippen LogP contribution is 2.25. The number of nitrogens with zero attached hydrogens (tertiary/aromatic N) is 3. The van der Waals surface area contributed by atoms with Gasteiger partial charge in [0, 0.05) is 23.7 Å². The van der Waals surface area contributed by atoms with Crippen molar-refractivity contribution in [3.8, 4) is 5.75 Å². The van der Waals surface area contributed by atoms with Crippen LogP contribution in [0.15, 0.2) is 59.4 Å². The first-order valence-electron chi connectivity index (χ1n) is 9.40. The summed E-state index contributed by atoms with van der Waals surface area (Å²) in [7, 11) is 1.61. The number of fused-ring (bicyclic) bond motifs is 3. The zero-order chi connectivity index (χ0) is 20.5. The lowest BCUT2D eigenvalue weighted by molar-refractivity contribution is -0.124. The molecule has 148 valence electrons. The Bertz CT molecular complexity index is 1270. The Labute approximate surface area is 167 Å². The molecule has 1 N–H and O–H groups in total. The molecule has 0 aliphatic carbocycles. The van der Waals surface area contributed by atoms with Gasteiger partial charge in [0.1, 0.15) is 11.8 Å². The smallest absolute Gasteiger partial charge is 0.273 e. The van der Waals surface area contributed by atoms with E-state index >= 15 is 0 Å². The lowest BCUT2D eigenvalue weighted by Gasteiger charge is -2.18. The van der Waals surface area contributed by atoms with Crippen molar-refractivity contribution >= 4 is 22.5 Å². The summed E-state index contributed by atoms with van der Waals surface area (Å²) < 4.78 is 8.95. The molecule has 0 spiro atoms. The van der Waals surface area contributed by atoms with Gasteiger partial charge in [-0.25, -0.2) is 4.52 Å². The fourth-order valence-electron chi connectivity index (χ4n) is 3.62. The van der Waals surface area contributed by atoms with Crippen molar-refractivity contribution in [2.75, 3.05) is 7.11 Å². The highest BCUT2D eigenvalue weighted by molar-refractivity contribution is 5.94. The SMILES string of the molecule is COc1cccc(CNC(=O)[C@@H](C)n2c3ccccc3c3nc(=O)cc(C)n32)c1. The molecule has 0 saturated heterocycles. The maximum atomic E-state index is 13.0. The minimum absolute atomic E-state index is 0.131. The number of ether oxygens (including phenoxy) is 1. The van der Waals surface area contributed by atoms with Gasteiger partial charge < -0.3 is 10.1 Å². The number of hydrogen-bond donors (Lipinski definition) is 1. The molecule has 0 unspecified atom stereocenters. The number of nitrogens with one attached hydrogen (secondary N) is 1. The fourth-order valence-corrected chi connectivity index (χ4v) is 3.62. The van der Waals surface area contributed by atoms with Crippen LogP contribution in [-0.4, -0.2) is 27.2 Å². The number of benzene rings is 2. The molecule has 29 heavy (non-hydrogen) atoms. The predicted molar refractivity (Wildman–Crippen MR) is 111 cm³/mol. The van der Waals surface area contributed by atoms with E-state index < -0.39 is 6.04 Å². The van der Waals surface area contributed by atoms with Crippen LogP contribution >= 0.6 is 0 Å². The molecule has 0 bridgehead atoms. The molecule has 2 heterocycles. The van der Waals surface area contributed by atoms with Gasteiger partial charge in [-0.2, -0.15) is 4.98 Å².